The SMILES string of the molecule is Cc1ccc(C(=O)Nc2ccc(I)cn2)cc1-c1ccc2nc(N)ncc2c1. The van der Waals surface area contributed by atoms with Crippen LogP contribution in [0.3, 0.4) is 0 Å². The molecule has 0 saturated carbocycles. The molecule has 0 aliphatic heterocycles. The molecule has 2 aromatic heterocycles. The summed E-state index contributed by atoms with van der Waals surface area (Å²) in [5.41, 5.74) is 10.0. The van der Waals surface area contributed by atoms with Crippen molar-refractivity contribution in [1.29, 1.82) is 0 Å². The molecule has 7 heteroatoms. The molecule has 0 atom stereocenters. The number of nitrogens with one attached hydrogen (secondary N) is 1. The van der Waals surface area contributed by atoms with E-state index in [9.17, 15) is 4.79 Å². The monoisotopic (exact) mass is 481 g/mol. The van der Waals surface area contributed by atoms with E-state index in [0.29, 0.717) is 11.4 Å². The molecule has 3 N–H and O–H groups in total. The number of anilines is 2. The van der Waals surface area contributed by atoms with Gasteiger partial charge in [-0.1, -0.05) is 12.1 Å². The number of carbonyl (C=O) groups is 1. The number of nitrogens with two attached hydrogens (primary N) is 1. The van der Waals surface area contributed by atoms with Crippen LogP contribution in [0, 0.1) is 10.5 Å². The number of nitrogen functional groups attached to an aromatic ring is 1. The summed E-state index contributed by atoms with van der Waals surface area (Å²) in [4.78, 5) is 25.2. The number of carbonyl (C=O) groups excluding carboxylic acids is 1. The molecule has 4 rings (SSSR count). The lowest BCUT2D eigenvalue weighted by Crippen LogP contribution is -2.13. The molecule has 0 radical (unpaired) electrons. The van der Waals surface area contributed by atoms with Crippen molar-refractivity contribution in [2.45, 2.75) is 6.92 Å². The van der Waals surface area contributed by atoms with Crippen LogP contribution in [-0.4, -0.2) is 20.9 Å². The summed E-state index contributed by atoms with van der Waals surface area (Å²) in [5, 5.41) is 3.72. The molecule has 0 aliphatic carbocycles. The van der Waals surface area contributed by atoms with Gasteiger partial charge in [0.2, 0.25) is 5.95 Å². The summed E-state index contributed by atoms with van der Waals surface area (Å²) < 4.78 is 1.01. The predicted molar refractivity (Wildman–Crippen MR) is 119 cm³/mol. The van der Waals surface area contributed by atoms with E-state index in [1.54, 1.807) is 18.5 Å². The van der Waals surface area contributed by atoms with Gasteiger partial charge >= 0.3 is 0 Å². The minimum atomic E-state index is -0.202. The van der Waals surface area contributed by atoms with Crippen LogP contribution in [0.15, 0.2) is 60.9 Å². The van der Waals surface area contributed by atoms with Gasteiger partial charge < -0.3 is 11.1 Å². The maximum Gasteiger partial charge on any atom is 0.256 e. The number of pyridine rings is 1. The van der Waals surface area contributed by atoms with E-state index in [1.807, 2.05) is 49.4 Å². The van der Waals surface area contributed by atoms with Crippen LogP contribution in [0.4, 0.5) is 11.8 Å². The topological polar surface area (TPSA) is 93.8 Å². The molecule has 1 amide bonds. The average molecular weight is 481 g/mol. The van der Waals surface area contributed by atoms with Gasteiger partial charge in [-0.3, -0.25) is 4.79 Å². The summed E-state index contributed by atoms with van der Waals surface area (Å²) in [6, 6.07) is 15.2. The number of hydrogen-bond donors (Lipinski definition) is 2. The Labute approximate surface area is 175 Å². The molecule has 0 unspecified atom stereocenters. The molecule has 0 spiro atoms. The molecule has 0 saturated heterocycles. The second-order valence-corrected chi connectivity index (χ2v) is 7.59. The fourth-order valence-corrected chi connectivity index (χ4v) is 3.25. The zero-order valence-corrected chi connectivity index (χ0v) is 17.1. The van der Waals surface area contributed by atoms with Gasteiger partial charge in [-0.15, -0.1) is 0 Å². The Balaban J connectivity index is 1.67. The highest BCUT2D eigenvalue weighted by atomic mass is 127. The van der Waals surface area contributed by atoms with Gasteiger partial charge in [0, 0.05) is 26.9 Å². The quantitative estimate of drug-likeness (QED) is 0.422. The summed E-state index contributed by atoms with van der Waals surface area (Å²) in [5.74, 6) is 0.569. The van der Waals surface area contributed by atoms with E-state index in [2.05, 4.69) is 42.9 Å². The fraction of sp³-hybridized carbons (Fsp3) is 0.0476. The molecule has 2 heterocycles. The number of benzene rings is 2. The van der Waals surface area contributed by atoms with Crippen molar-refractivity contribution in [2.24, 2.45) is 0 Å². The van der Waals surface area contributed by atoms with Gasteiger partial charge in [0.25, 0.3) is 5.91 Å². The van der Waals surface area contributed by atoms with Crippen molar-refractivity contribution >= 4 is 51.2 Å². The van der Waals surface area contributed by atoms with E-state index in [0.717, 1.165) is 31.2 Å². The average Bonchev–Trinajstić information content (AvgIpc) is 2.69. The van der Waals surface area contributed by atoms with Crippen LogP contribution >= 0.6 is 22.6 Å². The summed E-state index contributed by atoms with van der Waals surface area (Å²) in [6.07, 6.45) is 3.41. The molecule has 138 valence electrons. The maximum atomic E-state index is 12.7. The zero-order chi connectivity index (χ0) is 19.7. The lowest BCUT2D eigenvalue weighted by Gasteiger charge is -2.11. The van der Waals surface area contributed by atoms with Crippen molar-refractivity contribution < 1.29 is 4.79 Å². The molecule has 0 aliphatic rings. The number of hydrogen-bond acceptors (Lipinski definition) is 5. The number of nitrogens with zero attached hydrogens (tertiary/aromatic N) is 3. The van der Waals surface area contributed by atoms with E-state index in [1.165, 1.54) is 0 Å². The minimum Gasteiger partial charge on any atom is -0.368 e. The first-order valence-corrected chi connectivity index (χ1v) is 9.64. The molecular formula is C21H16IN5O. The summed E-state index contributed by atoms with van der Waals surface area (Å²) in [7, 11) is 0. The molecule has 28 heavy (non-hydrogen) atoms. The Kier molecular flexibility index (Phi) is 4.91. The minimum absolute atomic E-state index is 0.202. The van der Waals surface area contributed by atoms with E-state index >= 15 is 0 Å². The Morgan fingerprint density at radius 3 is 2.68 bits per heavy atom. The second kappa shape index (κ2) is 7.51. The third kappa shape index (κ3) is 3.79. The van der Waals surface area contributed by atoms with Crippen molar-refractivity contribution in [3.05, 3.63) is 75.6 Å². The Morgan fingerprint density at radius 1 is 1.04 bits per heavy atom. The molecule has 2 aromatic carbocycles. The standard InChI is InChI=1S/C21H16IN5O/c1-12-2-3-14(20(28)27-19-7-5-16(22)11-24-19)9-17(12)13-4-6-18-15(8-13)10-25-21(23)26-18/h2-11H,1H3,(H2,23,25,26)(H,24,27,28). The fourth-order valence-electron chi connectivity index (χ4n) is 2.93. The number of aryl methyl sites for hydroxylation is 1. The lowest BCUT2D eigenvalue weighted by atomic mass is 9.97. The molecule has 0 bridgehead atoms. The number of rotatable bonds is 3. The van der Waals surface area contributed by atoms with Gasteiger partial charge in [0.1, 0.15) is 5.82 Å². The van der Waals surface area contributed by atoms with Gasteiger partial charge in [-0.25, -0.2) is 15.0 Å². The van der Waals surface area contributed by atoms with Gasteiger partial charge in [0.15, 0.2) is 0 Å². The van der Waals surface area contributed by atoms with Crippen LogP contribution in [0.25, 0.3) is 22.0 Å². The third-order valence-corrected chi connectivity index (χ3v) is 5.02. The largest absolute Gasteiger partial charge is 0.368 e. The summed E-state index contributed by atoms with van der Waals surface area (Å²) >= 11 is 2.17. The highest BCUT2D eigenvalue weighted by Gasteiger charge is 2.11. The Morgan fingerprint density at radius 2 is 1.89 bits per heavy atom. The first-order valence-electron chi connectivity index (χ1n) is 8.56. The Hall–Kier alpha value is -3.07. The van der Waals surface area contributed by atoms with Crippen molar-refractivity contribution in [2.75, 3.05) is 11.1 Å². The van der Waals surface area contributed by atoms with E-state index < -0.39 is 0 Å². The van der Waals surface area contributed by atoms with Gasteiger partial charge in [-0.2, -0.15) is 0 Å². The van der Waals surface area contributed by atoms with Crippen LogP contribution in [0.1, 0.15) is 15.9 Å². The molecule has 4 aromatic rings. The van der Waals surface area contributed by atoms with Crippen LogP contribution in [-0.2, 0) is 0 Å². The van der Waals surface area contributed by atoms with Crippen molar-refractivity contribution in [3.63, 3.8) is 0 Å². The molecule has 0 fully saturated rings. The van der Waals surface area contributed by atoms with Crippen LogP contribution in [0.5, 0.6) is 0 Å². The molecule has 6 nitrogen and oxygen atoms in total. The highest BCUT2D eigenvalue weighted by molar-refractivity contribution is 14.1. The summed E-state index contributed by atoms with van der Waals surface area (Å²) in [6.45, 7) is 2.02. The van der Waals surface area contributed by atoms with Gasteiger partial charge in [0.05, 0.1) is 5.52 Å². The third-order valence-electron chi connectivity index (χ3n) is 4.38. The van der Waals surface area contributed by atoms with Crippen molar-refractivity contribution in [1.82, 2.24) is 15.0 Å². The smallest absolute Gasteiger partial charge is 0.256 e. The second-order valence-electron chi connectivity index (χ2n) is 6.35. The first-order chi connectivity index (χ1) is 13.5. The van der Waals surface area contributed by atoms with Crippen LogP contribution in [0.2, 0.25) is 0 Å². The van der Waals surface area contributed by atoms with E-state index in [4.69, 9.17) is 5.73 Å². The lowest BCUT2D eigenvalue weighted by molar-refractivity contribution is 0.102. The van der Waals surface area contributed by atoms with Crippen LogP contribution < -0.4 is 11.1 Å². The maximum absolute atomic E-state index is 12.7. The highest BCUT2D eigenvalue weighted by Crippen LogP contribution is 2.28. The number of halogens is 1. The first kappa shape index (κ1) is 18.3. The van der Waals surface area contributed by atoms with Gasteiger partial charge in [-0.05, 0) is 82.6 Å². The predicted octanol–water partition coefficient (Wildman–Crippen LogP) is 4.44. The zero-order valence-electron chi connectivity index (χ0n) is 15.0. The normalized spacial score (nSPS) is 10.8. The number of fused-ring (bicyclic) bond motifs is 1. The number of aromatic nitrogens is 3. The molecular weight excluding hydrogens is 465 g/mol. The number of amides is 1. The Bertz CT molecular complexity index is 1190. The van der Waals surface area contributed by atoms with Crippen molar-refractivity contribution in [3.8, 4) is 11.1 Å². The van der Waals surface area contributed by atoms with E-state index in [-0.39, 0.29) is 11.9 Å².